The Kier molecular flexibility index (Phi) is 2.15. The van der Waals surface area contributed by atoms with E-state index in [2.05, 4.69) is 15.5 Å². The van der Waals surface area contributed by atoms with Crippen LogP contribution in [0.5, 0.6) is 0 Å². The van der Waals surface area contributed by atoms with Gasteiger partial charge in [-0.05, 0) is 18.2 Å². The van der Waals surface area contributed by atoms with Crippen LogP contribution in [0.2, 0.25) is 0 Å². The molecule has 0 bridgehead atoms. The molecule has 0 aliphatic carbocycles. The van der Waals surface area contributed by atoms with E-state index in [9.17, 15) is 4.79 Å². The van der Waals surface area contributed by atoms with Gasteiger partial charge in [0.15, 0.2) is 5.76 Å². The van der Waals surface area contributed by atoms with Crippen molar-refractivity contribution in [3.05, 3.63) is 48.6 Å². The Morgan fingerprint density at radius 3 is 3.06 bits per heavy atom. The third-order valence-corrected chi connectivity index (χ3v) is 2.47. The number of furan rings is 1. The monoisotopic (exact) mass is 227 g/mol. The van der Waals surface area contributed by atoms with Gasteiger partial charge in [0.05, 0.1) is 23.7 Å². The highest BCUT2D eigenvalue weighted by Gasteiger charge is 2.10. The van der Waals surface area contributed by atoms with Gasteiger partial charge in [-0.2, -0.15) is 5.10 Å². The minimum absolute atomic E-state index is 0.279. The first-order valence-corrected chi connectivity index (χ1v) is 5.11. The average Bonchev–Trinajstić information content (AvgIpc) is 3.00. The molecule has 5 nitrogen and oxygen atoms in total. The van der Waals surface area contributed by atoms with Gasteiger partial charge in [-0.25, -0.2) is 0 Å². The highest BCUT2D eigenvalue weighted by Crippen LogP contribution is 2.21. The molecule has 0 atom stereocenters. The standard InChI is InChI=1S/C12H9N3O2/c16-12(10-5-2-6-17-10)14-9-4-1-3-8-7-13-15-11(8)9/h1-7H,(H,13,15)(H,14,16). The lowest BCUT2D eigenvalue weighted by Gasteiger charge is -2.03. The van der Waals surface area contributed by atoms with Gasteiger partial charge in [0.1, 0.15) is 0 Å². The van der Waals surface area contributed by atoms with E-state index in [0.29, 0.717) is 5.69 Å². The topological polar surface area (TPSA) is 70.9 Å². The summed E-state index contributed by atoms with van der Waals surface area (Å²) in [4.78, 5) is 11.8. The number of carbonyl (C=O) groups is 1. The van der Waals surface area contributed by atoms with Crippen molar-refractivity contribution < 1.29 is 9.21 Å². The number of nitrogens with zero attached hydrogens (tertiary/aromatic N) is 1. The largest absolute Gasteiger partial charge is 0.459 e. The molecule has 1 amide bonds. The first kappa shape index (κ1) is 9.65. The fraction of sp³-hybridized carbons (Fsp3) is 0. The molecule has 0 saturated heterocycles. The van der Waals surface area contributed by atoms with Crippen molar-refractivity contribution in [1.82, 2.24) is 10.2 Å². The van der Waals surface area contributed by atoms with Crippen LogP contribution >= 0.6 is 0 Å². The number of carbonyl (C=O) groups excluding carboxylic acids is 1. The molecule has 3 rings (SSSR count). The van der Waals surface area contributed by atoms with E-state index < -0.39 is 0 Å². The second kappa shape index (κ2) is 3.79. The molecular weight excluding hydrogens is 218 g/mol. The zero-order valence-electron chi connectivity index (χ0n) is 8.81. The predicted molar refractivity (Wildman–Crippen MR) is 62.8 cm³/mol. The molecule has 17 heavy (non-hydrogen) atoms. The highest BCUT2D eigenvalue weighted by molar-refractivity contribution is 6.06. The number of hydrogen-bond acceptors (Lipinski definition) is 3. The molecule has 2 heterocycles. The third-order valence-electron chi connectivity index (χ3n) is 2.47. The smallest absolute Gasteiger partial charge is 0.291 e. The van der Waals surface area contributed by atoms with Crippen molar-refractivity contribution in [2.45, 2.75) is 0 Å². The quantitative estimate of drug-likeness (QED) is 0.706. The van der Waals surface area contributed by atoms with Crippen LogP contribution in [0.3, 0.4) is 0 Å². The number of nitrogens with one attached hydrogen (secondary N) is 2. The Morgan fingerprint density at radius 2 is 2.24 bits per heavy atom. The summed E-state index contributed by atoms with van der Waals surface area (Å²) in [6.45, 7) is 0. The second-order valence-corrected chi connectivity index (χ2v) is 3.57. The van der Waals surface area contributed by atoms with E-state index in [4.69, 9.17) is 4.42 Å². The van der Waals surface area contributed by atoms with Crippen molar-refractivity contribution in [1.29, 1.82) is 0 Å². The van der Waals surface area contributed by atoms with Gasteiger partial charge in [-0.3, -0.25) is 9.89 Å². The van der Waals surface area contributed by atoms with E-state index in [1.165, 1.54) is 6.26 Å². The summed E-state index contributed by atoms with van der Waals surface area (Å²) < 4.78 is 5.02. The Balaban J connectivity index is 1.95. The normalized spacial score (nSPS) is 10.6. The number of anilines is 1. The number of fused-ring (bicyclic) bond motifs is 1. The average molecular weight is 227 g/mol. The Hall–Kier alpha value is -2.56. The number of H-pyrrole nitrogens is 1. The Bertz CT molecular complexity index is 655. The minimum atomic E-state index is -0.280. The molecule has 0 saturated carbocycles. The van der Waals surface area contributed by atoms with Gasteiger partial charge in [0.25, 0.3) is 5.91 Å². The van der Waals surface area contributed by atoms with E-state index in [0.717, 1.165) is 10.9 Å². The Morgan fingerprint density at radius 1 is 1.29 bits per heavy atom. The molecule has 0 aliphatic rings. The molecule has 0 radical (unpaired) electrons. The number of hydrogen-bond donors (Lipinski definition) is 2. The maximum atomic E-state index is 11.8. The van der Waals surface area contributed by atoms with Crippen molar-refractivity contribution >= 4 is 22.5 Å². The number of aromatic nitrogens is 2. The number of amides is 1. The molecule has 84 valence electrons. The van der Waals surface area contributed by atoms with Crippen LogP contribution in [0, 0.1) is 0 Å². The Labute approximate surface area is 96.4 Å². The molecule has 0 fully saturated rings. The van der Waals surface area contributed by atoms with Crippen molar-refractivity contribution in [2.75, 3.05) is 5.32 Å². The summed E-state index contributed by atoms with van der Waals surface area (Å²) in [5.74, 6) is -0.00128. The fourth-order valence-electron chi connectivity index (χ4n) is 1.66. The number of aromatic amines is 1. The molecule has 3 aromatic rings. The number of rotatable bonds is 2. The molecule has 2 N–H and O–H groups in total. The van der Waals surface area contributed by atoms with E-state index in [1.807, 2.05) is 12.1 Å². The lowest BCUT2D eigenvalue weighted by Crippen LogP contribution is -2.11. The van der Waals surface area contributed by atoms with Crippen LogP contribution in [0.15, 0.2) is 47.2 Å². The van der Waals surface area contributed by atoms with E-state index in [-0.39, 0.29) is 11.7 Å². The van der Waals surface area contributed by atoms with E-state index >= 15 is 0 Å². The van der Waals surface area contributed by atoms with Crippen molar-refractivity contribution in [3.63, 3.8) is 0 Å². The fourth-order valence-corrected chi connectivity index (χ4v) is 1.66. The second-order valence-electron chi connectivity index (χ2n) is 3.57. The lowest BCUT2D eigenvalue weighted by atomic mass is 10.2. The van der Waals surface area contributed by atoms with Gasteiger partial charge >= 0.3 is 0 Å². The first-order chi connectivity index (χ1) is 8.34. The van der Waals surface area contributed by atoms with Crippen molar-refractivity contribution in [3.8, 4) is 0 Å². The van der Waals surface area contributed by atoms with E-state index in [1.54, 1.807) is 24.4 Å². The first-order valence-electron chi connectivity index (χ1n) is 5.11. The zero-order chi connectivity index (χ0) is 11.7. The lowest BCUT2D eigenvalue weighted by molar-refractivity contribution is 0.0997. The van der Waals surface area contributed by atoms with Gasteiger partial charge in [-0.1, -0.05) is 12.1 Å². The van der Waals surface area contributed by atoms with Crippen molar-refractivity contribution in [2.24, 2.45) is 0 Å². The number of benzene rings is 1. The maximum absolute atomic E-state index is 11.8. The molecule has 2 aromatic heterocycles. The van der Waals surface area contributed by atoms with Crippen LogP contribution < -0.4 is 5.32 Å². The molecule has 0 aliphatic heterocycles. The summed E-state index contributed by atoms with van der Waals surface area (Å²) >= 11 is 0. The van der Waals surface area contributed by atoms with Gasteiger partial charge in [-0.15, -0.1) is 0 Å². The van der Waals surface area contributed by atoms with Crippen LogP contribution in [0.4, 0.5) is 5.69 Å². The SMILES string of the molecule is O=C(Nc1cccc2cn[nH]c12)c1ccco1. The zero-order valence-corrected chi connectivity index (χ0v) is 8.81. The molecule has 0 unspecified atom stereocenters. The molecule has 1 aromatic carbocycles. The van der Waals surface area contributed by atoms with Gasteiger partial charge in [0.2, 0.25) is 0 Å². The van der Waals surface area contributed by atoms with Crippen LogP contribution in [-0.2, 0) is 0 Å². The van der Waals surface area contributed by atoms with Crippen LogP contribution in [0.1, 0.15) is 10.6 Å². The van der Waals surface area contributed by atoms with Crippen LogP contribution in [-0.4, -0.2) is 16.1 Å². The maximum Gasteiger partial charge on any atom is 0.291 e. The summed E-state index contributed by atoms with van der Waals surface area (Å²) in [7, 11) is 0. The van der Waals surface area contributed by atoms with Gasteiger partial charge in [0, 0.05) is 5.39 Å². The van der Waals surface area contributed by atoms with Gasteiger partial charge < -0.3 is 9.73 Å². The van der Waals surface area contributed by atoms with Crippen LogP contribution in [0.25, 0.3) is 10.9 Å². The summed E-state index contributed by atoms with van der Waals surface area (Å²) in [6, 6.07) is 8.87. The molecule has 5 heteroatoms. The summed E-state index contributed by atoms with van der Waals surface area (Å²) in [5, 5.41) is 10.5. The third kappa shape index (κ3) is 1.67. The number of para-hydroxylation sites is 1. The highest BCUT2D eigenvalue weighted by atomic mass is 16.3. The molecule has 0 spiro atoms. The minimum Gasteiger partial charge on any atom is -0.459 e. The predicted octanol–water partition coefficient (Wildman–Crippen LogP) is 2.41. The summed E-state index contributed by atoms with van der Waals surface area (Å²) in [6.07, 6.45) is 3.17. The summed E-state index contributed by atoms with van der Waals surface area (Å²) in [5.41, 5.74) is 1.48. The molecular formula is C12H9N3O2.